The highest BCUT2D eigenvalue weighted by atomic mass is 16.2. The molecule has 27 heavy (non-hydrogen) atoms. The Kier molecular flexibility index (Phi) is 5.08. The lowest BCUT2D eigenvalue weighted by molar-refractivity contribution is -0.127. The van der Waals surface area contributed by atoms with Crippen LogP contribution < -0.4 is 10.9 Å². The van der Waals surface area contributed by atoms with Crippen LogP contribution in [0.5, 0.6) is 0 Å². The molecule has 1 atom stereocenters. The Morgan fingerprint density at radius 3 is 2.48 bits per heavy atom. The molecule has 1 aliphatic rings. The van der Waals surface area contributed by atoms with Crippen LogP contribution in [0.2, 0.25) is 0 Å². The maximum Gasteiger partial charge on any atom is 0.324 e. The van der Waals surface area contributed by atoms with E-state index in [2.05, 4.69) is 5.32 Å². The largest absolute Gasteiger partial charge is 0.325 e. The number of carbonyl (C=O) groups is 2. The lowest BCUT2D eigenvalue weighted by atomic mass is 10.1. The van der Waals surface area contributed by atoms with Gasteiger partial charge in [-0.05, 0) is 31.0 Å². The van der Waals surface area contributed by atoms with Crippen molar-refractivity contribution in [2.45, 2.75) is 32.9 Å². The molecule has 3 amide bonds. The lowest BCUT2D eigenvalue weighted by Crippen LogP contribution is -2.37. The minimum absolute atomic E-state index is 0.0740. The van der Waals surface area contributed by atoms with Gasteiger partial charge in [0.25, 0.3) is 11.5 Å². The van der Waals surface area contributed by atoms with E-state index in [0.29, 0.717) is 17.7 Å². The molecule has 1 fully saturated rings. The Morgan fingerprint density at radius 1 is 1.11 bits per heavy atom. The second-order valence-corrected chi connectivity index (χ2v) is 6.59. The number of hydrogen-bond donors (Lipinski definition) is 1. The summed E-state index contributed by atoms with van der Waals surface area (Å²) >= 11 is 0. The van der Waals surface area contributed by atoms with Gasteiger partial charge in [0.1, 0.15) is 17.7 Å². The molecule has 2 aromatic rings. The molecule has 0 radical (unpaired) electrons. The molecule has 1 aliphatic heterocycles. The highest BCUT2D eigenvalue weighted by Gasteiger charge is 2.37. The lowest BCUT2D eigenvalue weighted by Gasteiger charge is -2.16. The number of nitrogens with one attached hydrogen (secondary N) is 1. The van der Waals surface area contributed by atoms with Gasteiger partial charge in [0, 0.05) is 25.2 Å². The molecular weight excluding hydrogens is 344 g/mol. The van der Waals surface area contributed by atoms with E-state index in [9.17, 15) is 14.4 Å². The van der Waals surface area contributed by atoms with Gasteiger partial charge < -0.3 is 9.88 Å². The minimum Gasteiger partial charge on any atom is -0.325 e. The number of carbonyl (C=O) groups excluding carboxylic acids is 2. The topological polar surface area (TPSA) is 95.2 Å². The van der Waals surface area contributed by atoms with Crippen LogP contribution in [0, 0.1) is 25.2 Å². The van der Waals surface area contributed by atoms with Crippen molar-refractivity contribution in [3.05, 3.63) is 69.1 Å². The van der Waals surface area contributed by atoms with Gasteiger partial charge in [-0.25, -0.2) is 4.79 Å². The Labute approximate surface area is 156 Å². The Bertz CT molecular complexity index is 989. The van der Waals surface area contributed by atoms with Crippen molar-refractivity contribution in [1.29, 1.82) is 5.26 Å². The molecule has 1 unspecified atom stereocenters. The number of rotatable bonds is 5. The van der Waals surface area contributed by atoms with Crippen molar-refractivity contribution >= 4 is 11.9 Å². The van der Waals surface area contributed by atoms with E-state index in [0.717, 1.165) is 10.5 Å². The van der Waals surface area contributed by atoms with Crippen LogP contribution in [-0.4, -0.2) is 34.0 Å². The van der Waals surface area contributed by atoms with Crippen molar-refractivity contribution in [2.24, 2.45) is 0 Å². The van der Waals surface area contributed by atoms with Crippen LogP contribution in [0.15, 0.2) is 41.2 Å². The third kappa shape index (κ3) is 3.60. The molecule has 1 aromatic carbocycles. The van der Waals surface area contributed by atoms with Gasteiger partial charge in [-0.3, -0.25) is 14.5 Å². The van der Waals surface area contributed by atoms with Gasteiger partial charge in [0.05, 0.1) is 0 Å². The highest BCUT2D eigenvalue weighted by molar-refractivity contribution is 6.04. The predicted octanol–water partition coefficient (Wildman–Crippen LogP) is 1.50. The number of imide groups is 1. The van der Waals surface area contributed by atoms with Crippen molar-refractivity contribution < 1.29 is 9.59 Å². The Hall–Kier alpha value is -3.40. The average Bonchev–Trinajstić information content (AvgIpc) is 2.89. The fourth-order valence-corrected chi connectivity index (χ4v) is 3.32. The molecule has 1 saturated heterocycles. The Morgan fingerprint density at radius 2 is 1.81 bits per heavy atom. The van der Waals surface area contributed by atoms with Gasteiger partial charge in [-0.2, -0.15) is 5.26 Å². The number of nitriles is 1. The van der Waals surface area contributed by atoms with Gasteiger partial charge in [-0.15, -0.1) is 0 Å². The van der Waals surface area contributed by atoms with Crippen molar-refractivity contribution in [3.63, 3.8) is 0 Å². The first-order valence-electron chi connectivity index (χ1n) is 8.69. The van der Waals surface area contributed by atoms with E-state index < -0.39 is 17.6 Å². The number of urea groups is 1. The fourth-order valence-electron chi connectivity index (χ4n) is 3.32. The molecule has 0 spiro atoms. The molecule has 1 N–H and O–H groups in total. The summed E-state index contributed by atoms with van der Waals surface area (Å²) in [5.41, 5.74) is 1.95. The van der Waals surface area contributed by atoms with E-state index in [1.54, 1.807) is 19.9 Å². The first-order valence-corrected chi connectivity index (χ1v) is 8.69. The summed E-state index contributed by atoms with van der Waals surface area (Å²) in [6, 6.07) is 12.1. The zero-order valence-electron chi connectivity index (χ0n) is 15.2. The van der Waals surface area contributed by atoms with Crippen LogP contribution >= 0.6 is 0 Å². The maximum atomic E-state index is 12.6. The molecule has 7 heteroatoms. The molecule has 1 aromatic heterocycles. The summed E-state index contributed by atoms with van der Waals surface area (Å²) in [7, 11) is 0. The molecule has 2 heterocycles. The molecule has 138 valence electrons. The normalized spacial score (nSPS) is 16.3. The summed E-state index contributed by atoms with van der Waals surface area (Å²) in [5.74, 6) is -0.304. The molecule has 0 saturated carbocycles. The van der Waals surface area contributed by atoms with E-state index >= 15 is 0 Å². The fraction of sp³-hybridized carbons (Fsp3) is 0.300. The zero-order chi connectivity index (χ0) is 19.6. The Balaban J connectivity index is 1.74. The van der Waals surface area contributed by atoms with E-state index in [4.69, 9.17) is 5.26 Å². The second-order valence-electron chi connectivity index (χ2n) is 6.59. The molecular formula is C20H20N4O3. The first-order chi connectivity index (χ1) is 12.9. The van der Waals surface area contributed by atoms with E-state index in [1.165, 1.54) is 4.57 Å². The number of nitrogens with zero attached hydrogens (tertiary/aromatic N) is 3. The number of benzene rings is 1. The second kappa shape index (κ2) is 7.46. The minimum atomic E-state index is -0.606. The smallest absolute Gasteiger partial charge is 0.324 e. The van der Waals surface area contributed by atoms with Crippen molar-refractivity contribution in [2.75, 3.05) is 6.54 Å². The first kappa shape index (κ1) is 18.4. The van der Waals surface area contributed by atoms with E-state index in [-0.39, 0.29) is 24.6 Å². The quantitative estimate of drug-likeness (QED) is 0.814. The van der Waals surface area contributed by atoms with Gasteiger partial charge in [-0.1, -0.05) is 30.3 Å². The maximum absolute atomic E-state index is 12.6. The van der Waals surface area contributed by atoms with Crippen molar-refractivity contribution in [3.8, 4) is 6.07 Å². The SMILES string of the molecule is Cc1cc(C)n(CCN2C(=O)NC(Cc3ccccc3)C2=O)c(=O)c1C#N. The zero-order valence-corrected chi connectivity index (χ0v) is 15.2. The molecule has 0 bridgehead atoms. The van der Waals surface area contributed by atoms with Crippen LogP contribution in [0.3, 0.4) is 0 Å². The summed E-state index contributed by atoms with van der Waals surface area (Å²) in [6.45, 7) is 3.70. The predicted molar refractivity (Wildman–Crippen MR) is 99.1 cm³/mol. The van der Waals surface area contributed by atoms with Gasteiger partial charge in [0.15, 0.2) is 0 Å². The van der Waals surface area contributed by atoms with Crippen LogP contribution in [-0.2, 0) is 17.8 Å². The molecule has 3 rings (SSSR count). The average molecular weight is 364 g/mol. The summed E-state index contributed by atoms with van der Waals surface area (Å²) in [4.78, 5) is 38.4. The van der Waals surface area contributed by atoms with Crippen molar-refractivity contribution in [1.82, 2.24) is 14.8 Å². The molecule has 7 nitrogen and oxygen atoms in total. The highest BCUT2D eigenvalue weighted by Crippen LogP contribution is 2.13. The number of aryl methyl sites for hydroxylation is 2. The summed E-state index contributed by atoms with van der Waals surface area (Å²) < 4.78 is 1.43. The van der Waals surface area contributed by atoms with E-state index in [1.807, 2.05) is 36.4 Å². The van der Waals surface area contributed by atoms with Crippen LogP contribution in [0.25, 0.3) is 0 Å². The van der Waals surface area contributed by atoms with Gasteiger partial charge >= 0.3 is 6.03 Å². The monoisotopic (exact) mass is 364 g/mol. The third-order valence-corrected chi connectivity index (χ3v) is 4.75. The van der Waals surface area contributed by atoms with Crippen LogP contribution in [0.1, 0.15) is 22.4 Å². The standard InChI is InChI=1S/C20H20N4O3/c1-13-10-14(2)23(18(25)16(13)12-21)8-9-24-19(26)17(22-20(24)27)11-15-6-4-3-5-7-15/h3-7,10,17H,8-9,11H2,1-2H3,(H,22,27). The number of hydrogen-bond acceptors (Lipinski definition) is 4. The number of pyridine rings is 1. The molecule has 0 aliphatic carbocycles. The number of aromatic nitrogens is 1. The number of amides is 3. The van der Waals surface area contributed by atoms with Crippen LogP contribution in [0.4, 0.5) is 4.79 Å². The third-order valence-electron chi connectivity index (χ3n) is 4.75. The summed E-state index contributed by atoms with van der Waals surface area (Å²) in [5, 5.41) is 11.9. The summed E-state index contributed by atoms with van der Waals surface area (Å²) in [6.07, 6.45) is 0.421. The van der Waals surface area contributed by atoms with Gasteiger partial charge in [0.2, 0.25) is 0 Å².